The Balaban J connectivity index is 0.00000261. The van der Waals surface area contributed by atoms with Crippen molar-refractivity contribution in [3.8, 4) is 0 Å². The summed E-state index contributed by atoms with van der Waals surface area (Å²) in [6, 6.07) is 16.6. The van der Waals surface area contributed by atoms with Crippen LogP contribution in [0.1, 0.15) is 11.9 Å². The van der Waals surface area contributed by atoms with Crippen LogP contribution in [0.3, 0.4) is 0 Å². The molecular weight excluding hydrogens is 440 g/mol. The number of fused-ring (bicyclic) bond motifs is 1. The van der Waals surface area contributed by atoms with Crippen molar-refractivity contribution in [3.05, 3.63) is 60.1 Å². The minimum absolute atomic E-state index is 0. The van der Waals surface area contributed by atoms with Crippen LogP contribution in [0.15, 0.2) is 55.1 Å². The molecular formula is C20H23BrN4S2. The molecule has 0 atom stereocenters. The first kappa shape index (κ1) is 21.3. The van der Waals surface area contributed by atoms with Gasteiger partial charge in [-0.15, -0.1) is 0 Å². The van der Waals surface area contributed by atoms with E-state index < -0.39 is 0 Å². The molecule has 2 N–H and O–H groups in total. The number of para-hydroxylation sites is 1. The Bertz CT molecular complexity index is 953. The van der Waals surface area contributed by atoms with Gasteiger partial charge in [0.25, 0.3) is 5.01 Å². The molecule has 0 bridgehead atoms. The van der Waals surface area contributed by atoms with E-state index in [4.69, 9.17) is 12.2 Å². The molecule has 2 aromatic carbocycles. The molecule has 0 aliphatic carbocycles. The third-order valence-corrected chi connectivity index (χ3v) is 5.72. The summed E-state index contributed by atoms with van der Waals surface area (Å²) in [6.07, 6.45) is 0. The van der Waals surface area contributed by atoms with Crippen LogP contribution in [0.4, 0.5) is 11.4 Å². The van der Waals surface area contributed by atoms with Crippen molar-refractivity contribution < 1.29 is 21.5 Å². The number of thiocarbonyl (C=S) groups is 1. The molecule has 7 heteroatoms. The maximum atomic E-state index is 5.27. The van der Waals surface area contributed by atoms with E-state index in [0.29, 0.717) is 5.11 Å². The number of nitrogens with zero attached hydrogens (tertiary/aromatic N) is 2. The van der Waals surface area contributed by atoms with Crippen molar-refractivity contribution in [2.45, 2.75) is 6.92 Å². The monoisotopic (exact) mass is 462 g/mol. The van der Waals surface area contributed by atoms with Crippen LogP contribution >= 0.6 is 23.6 Å². The molecule has 0 radical (unpaired) electrons. The van der Waals surface area contributed by atoms with Gasteiger partial charge >= 0.3 is 0 Å². The zero-order chi connectivity index (χ0) is 18.7. The van der Waals surface area contributed by atoms with Gasteiger partial charge < -0.3 is 32.5 Å². The van der Waals surface area contributed by atoms with E-state index in [1.807, 2.05) is 38.2 Å². The summed E-state index contributed by atoms with van der Waals surface area (Å²) in [7, 11) is 4.12. The molecule has 0 aliphatic rings. The third kappa shape index (κ3) is 4.66. The lowest BCUT2D eigenvalue weighted by atomic mass is 10.2. The first-order chi connectivity index (χ1) is 12.5. The lowest BCUT2D eigenvalue weighted by molar-refractivity contribution is -0.642. The van der Waals surface area contributed by atoms with Gasteiger partial charge in [-0.05, 0) is 43.4 Å². The highest BCUT2D eigenvalue weighted by Crippen LogP contribution is 2.30. The first-order valence-corrected chi connectivity index (χ1v) is 9.69. The number of hydrogen-bond donors (Lipinski definition) is 2. The zero-order valence-electron chi connectivity index (χ0n) is 15.6. The minimum Gasteiger partial charge on any atom is -1.00 e. The molecule has 0 saturated heterocycles. The Morgan fingerprint density at radius 2 is 1.93 bits per heavy atom. The smallest absolute Gasteiger partial charge is 0.285 e. The maximum absolute atomic E-state index is 5.27. The average Bonchev–Trinajstić information content (AvgIpc) is 2.97. The van der Waals surface area contributed by atoms with E-state index in [2.05, 4.69) is 58.0 Å². The SMILES string of the molecule is C=C(c1sc2cc(NC(=S)NCC)ccc2[n+]1C)N(C)c1ccccc1.[Br-]. The Labute approximate surface area is 180 Å². The number of aryl methyl sites for hydroxylation is 1. The fourth-order valence-corrected chi connectivity index (χ4v) is 4.23. The Morgan fingerprint density at radius 3 is 2.59 bits per heavy atom. The molecule has 27 heavy (non-hydrogen) atoms. The molecule has 0 aliphatic heterocycles. The van der Waals surface area contributed by atoms with Gasteiger partial charge in [0.2, 0.25) is 5.52 Å². The van der Waals surface area contributed by atoms with Gasteiger partial charge in [0, 0.05) is 31.0 Å². The van der Waals surface area contributed by atoms with E-state index in [-0.39, 0.29) is 17.0 Å². The van der Waals surface area contributed by atoms with Gasteiger partial charge in [-0.3, -0.25) is 0 Å². The molecule has 0 saturated carbocycles. The molecule has 4 nitrogen and oxygen atoms in total. The molecule has 142 valence electrons. The van der Waals surface area contributed by atoms with Gasteiger partial charge in [-0.1, -0.05) is 36.1 Å². The van der Waals surface area contributed by atoms with Gasteiger partial charge in [0.05, 0.1) is 0 Å². The van der Waals surface area contributed by atoms with Crippen LogP contribution in [-0.2, 0) is 7.05 Å². The van der Waals surface area contributed by atoms with Crippen molar-refractivity contribution in [3.63, 3.8) is 0 Å². The van der Waals surface area contributed by atoms with Crippen molar-refractivity contribution in [2.75, 3.05) is 23.8 Å². The van der Waals surface area contributed by atoms with Gasteiger partial charge in [0.1, 0.15) is 17.4 Å². The lowest BCUT2D eigenvalue weighted by Crippen LogP contribution is -3.00. The number of aromatic nitrogens is 1. The summed E-state index contributed by atoms with van der Waals surface area (Å²) in [6.45, 7) is 7.15. The van der Waals surface area contributed by atoms with Crippen LogP contribution in [0.2, 0.25) is 0 Å². The average molecular weight is 463 g/mol. The minimum atomic E-state index is 0. The van der Waals surface area contributed by atoms with Crippen molar-refractivity contribution >= 4 is 56.0 Å². The lowest BCUT2D eigenvalue weighted by Gasteiger charge is -2.18. The normalized spacial score (nSPS) is 10.2. The molecule has 0 spiro atoms. The van der Waals surface area contributed by atoms with Crippen LogP contribution in [0.5, 0.6) is 0 Å². The maximum Gasteiger partial charge on any atom is 0.285 e. The second-order valence-corrected chi connectivity index (χ2v) is 7.41. The molecule has 0 unspecified atom stereocenters. The second kappa shape index (κ2) is 9.30. The summed E-state index contributed by atoms with van der Waals surface area (Å²) in [4.78, 5) is 2.12. The van der Waals surface area contributed by atoms with Crippen molar-refractivity contribution in [1.29, 1.82) is 0 Å². The number of anilines is 2. The number of hydrogen-bond acceptors (Lipinski definition) is 3. The second-order valence-electron chi connectivity index (χ2n) is 5.97. The highest BCUT2D eigenvalue weighted by Gasteiger charge is 2.22. The predicted molar refractivity (Wildman–Crippen MR) is 117 cm³/mol. The van der Waals surface area contributed by atoms with E-state index in [1.54, 1.807) is 11.3 Å². The molecule has 3 aromatic rings. The van der Waals surface area contributed by atoms with Crippen LogP contribution in [-0.4, -0.2) is 18.7 Å². The molecule has 0 fully saturated rings. The summed E-state index contributed by atoms with van der Waals surface area (Å²) >= 11 is 7.00. The zero-order valence-corrected chi connectivity index (χ0v) is 18.8. The first-order valence-electron chi connectivity index (χ1n) is 8.46. The van der Waals surface area contributed by atoms with Crippen molar-refractivity contribution in [1.82, 2.24) is 5.32 Å². The van der Waals surface area contributed by atoms with Gasteiger partial charge in [-0.25, -0.2) is 0 Å². The van der Waals surface area contributed by atoms with Crippen LogP contribution < -0.4 is 37.1 Å². The third-order valence-electron chi connectivity index (χ3n) is 4.22. The highest BCUT2D eigenvalue weighted by molar-refractivity contribution is 7.80. The Hall–Kier alpha value is -1.96. The largest absolute Gasteiger partial charge is 1.00 e. The number of halogens is 1. The number of nitrogens with one attached hydrogen (secondary N) is 2. The summed E-state index contributed by atoms with van der Waals surface area (Å²) in [5, 5.41) is 8.10. The van der Waals surface area contributed by atoms with Crippen molar-refractivity contribution in [2.24, 2.45) is 7.05 Å². The molecule has 1 aromatic heterocycles. The predicted octanol–water partition coefficient (Wildman–Crippen LogP) is 1.14. The summed E-state index contributed by atoms with van der Waals surface area (Å²) in [5.41, 5.74) is 4.25. The molecule has 1 heterocycles. The topological polar surface area (TPSA) is 31.2 Å². The van der Waals surface area contributed by atoms with Gasteiger partial charge in [-0.2, -0.15) is 4.57 Å². The number of benzene rings is 2. The Morgan fingerprint density at radius 1 is 1.22 bits per heavy atom. The molecule has 0 amide bonds. The van der Waals surface area contributed by atoms with Gasteiger partial charge in [0.15, 0.2) is 5.11 Å². The number of thiazole rings is 1. The van der Waals surface area contributed by atoms with E-state index in [0.717, 1.165) is 28.6 Å². The summed E-state index contributed by atoms with van der Waals surface area (Å²) in [5.74, 6) is 0. The van der Waals surface area contributed by atoms with E-state index in [9.17, 15) is 0 Å². The Kier molecular flexibility index (Phi) is 7.35. The van der Waals surface area contributed by atoms with Crippen LogP contribution in [0.25, 0.3) is 15.9 Å². The van der Waals surface area contributed by atoms with Crippen LogP contribution in [0, 0.1) is 0 Å². The summed E-state index contributed by atoms with van der Waals surface area (Å²) < 4.78 is 3.38. The highest BCUT2D eigenvalue weighted by atomic mass is 79.9. The van der Waals surface area contributed by atoms with E-state index >= 15 is 0 Å². The molecule has 3 rings (SSSR count). The number of rotatable bonds is 5. The van der Waals surface area contributed by atoms with E-state index in [1.165, 1.54) is 10.2 Å². The fourth-order valence-electron chi connectivity index (χ4n) is 2.77. The fraction of sp³-hybridized carbons (Fsp3) is 0.200. The standard InChI is InChI=1S/C20H22N4S2.BrH/c1-5-21-20(25)22-15-11-12-17-18(13-15)26-19(24(17)4)14(2)23(3)16-9-7-6-8-10-16;/h6-13H,2,5H2,1,3-4H3,(H-,21,22,25);1H. The quantitative estimate of drug-likeness (QED) is 0.439.